The number of methoxy groups -OCH3 is 1. The molecule has 3 aromatic heterocycles. The van der Waals surface area contributed by atoms with Crippen LogP contribution in [0.1, 0.15) is 47.1 Å². The molecule has 6 nitrogen and oxygen atoms in total. The maximum atomic E-state index is 12.8. The van der Waals surface area contributed by atoms with E-state index in [4.69, 9.17) is 26.1 Å². The van der Waals surface area contributed by atoms with E-state index in [0.29, 0.717) is 10.9 Å². The van der Waals surface area contributed by atoms with Gasteiger partial charge in [0.25, 0.3) is 0 Å². The number of carbonyl (C=O) groups excluding carboxylic acids is 1. The molecule has 0 saturated carbocycles. The molecule has 1 atom stereocenters. The van der Waals surface area contributed by atoms with Gasteiger partial charge in [-0.05, 0) is 43.4 Å². The lowest BCUT2D eigenvalue weighted by atomic mass is 9.94. The standard InChI is InChI=1S/C21H22ClN3O3S/c1-12-25-19-18(17-5-3-4-6-28-17)14(11-24-21(19)29-12)9-15(26)7-13-8-16(22)20(27-2)23-10-13/h8,10-11,17H,3-7,9H2,1-2H3. The number of ether oxygens (including phenoxy) is 2. The number of halogens is 1. The van der Waals surface area contributed by atoms with Crippen LogP contribution in [-0.2, 0) is 22.4 Å². The molecule has 8 heteroatoms. The van der Waals surface area contributed by atoms with Crippen LogP contribution in [0.25, 0.3) is 10.3 Å². The van der Waals surface area contributed by atoms with E-state index in [1.54, 1.807) is 23.6 Å². The first-order valence-corrected chi connectivity index (χ1v) is 10.8. The molecule has 152 valence electrons. The summed E-state index contributed by atoms with van der Waals surface area (Å²) in [4.78, 5) is 27.1. The summed E-state index contributed by atoms with van der Waals surface area (Å²) in [6.07, 6.45) is 7.05. The van der Waals surface area contributed by atoms with E-state index < -0.39 is 0 Å². The second-order valence-electron chi connectivity index (χ2n) is 7.17. The minimum Gasteiger partial charge on any atom is -0.480 e. The zero-order valence-corrected chi connectivity index (χ0v) is 18.0. The maximum absolute atomic E-state index is 12.8. The Hall–Kier alpha value is -2.09. The van der Waals surface area contributed by atoms with Gasteiger partial charge in [0.1, 0.15) is 21.2 Å². The number of aryl methyl sites for hydroxylation is 1. The fourth-order valence-electron chi connectivity index (χ4n) is 3.72. The highest BCUT2D eigenvalue weighted by Crippen LogP contribution is 2.36. The predicted molar refractivity (Wildman–Crippen MR) is 113 cm³/mol. The van der Waals surface area contributed by atoms with Gasteiger partial charge >= 0.3 is 0 Å². The highest BCUT2D eigenvalue weighted by atomic mass is 35.5. The molecule has 1 aliphatic rings. The first-order chi connectivity index (χ1) is 14.0. The van der Waals surface area contributed by atoms with Gasteiger partial charge in [0.2, 0.25) is 5.88 Å². The molecular formula is C21H22ClN3O3S. The molecule has 0 N–H and O–H groups in total. The molecule has 1 saturated heterocycles. The summed E-state index contributed by atoms with van der Waals surface area (Å²) in [5.74, 6) is 0.423. The van der Waals surface area contributed by atoms with Crippen LogP contribution in [0.2, 0.25) is 5.02 Å². The highest BCUT2D eigenvalue weighted by Gasteiger charge is 2.25. The van der Waals surface area contributed by atoms with Crippen molar-refractivity contribution in [1.29, 1.82) is 0 Å². The number of carbonyl (C=O) groups is 1. The zero-order chi connectivity index (χ0) is 20.4. The number of Topliss-reactive ketones (excluding diaryl/α,β-unsaturated/α-hetero) is 1. The van der Waals surface area contributed by atoms with Crippen LogP contribution in [-0.4, -0.2) is 34.5 Å². The fraction of sp³-hybridized carbons (Fsp3) is 0.429. The number of fused-ring (bicyclic) bond motifs is 1. The molecular weight excluding hydrogens is 410 g/mol. The van der Waals surface area contributed by atoms with Gasteiger partial charge < -0.3 is 9.47 Å². The van der Waals surface area contributed by atoms with E-state index in [0.717, 1.165) is 57.9 Å². The van der Waals surface area contributed by atoms with Crippen LogP contribution in [0, 0.1) is 6.92 Å². The number of hydrogen-bond acceptors (Lipinski definition) is 7. The minimum atomic E-state index is -0.0318. The minimum absolute atomic E-state index is 0.0318. The van der Waals surface area contributed by atoms with Crippen molar-refractivity contribution < 1.29 is 14.3 Å². The molecule has 0 bridgehead atoms. The maximum Gasteiger partial charge on any atom is 0.232 e. The quantitative estimate of drug-likeness (QED) is 0.565. The Kier molecular flexibility index (Phi) is 6.08. The van der Waals surface area contributed by atoms with Gasteiger partial charge in [0.05, 0.1) is 18.2 Å². The van der Waals surface area contributed by atoms with Gasteiger partial charge in [-0.1, -0.05) is 22.9 Å². The van der Waals surface area contributed by atoms with Crippen LogP contribution in [0.15, 0.2) is 18.5 Å². The molecule has 29 heavy (non-hydrogen) atoms. The average Bonchev–Trinajstić information content (AvgIpc) is 3.09. The van der Waals surface area contributed by atoms with Crippen LogP contribution in [0.5, 0.6) is 5.88 Å². The van der Waals surface area contributed by atoms with E-state index >= 15 is 0 Å². The van der Waals surface area contributed by atoms with E-state index in [9.17, 15) is 4.79 Å². The Morgan fingerprint density at radius 3 is 2.90 bits per heavy atom. The number of aromatic nitrogens is 3. The van der Waals surface area contributed by atoms with Crippen molar-refractivity contribution in [2.75, 3.05) is 13.7 Å². The lowest BCUT2D eigenvalue weighted by molar-refractivity contribution is -0.117. The molecule has 3 aromatic rings. The van der Waals surface area contributed by atoms with E-state index in [2.05, 4.69) is 9.97 Å². The van der Waals surface area contributed by atoms with Crippen molar-refractivity contribution in [2.24, 2.45) is 0 Å². The molecule has 1 aliphatic heterocycles. The zero-order valence-electron chi connectivity index (χ0n) is 16.4. The Labute approximate surface area is 178 Å². The largest absolute Gasteiger partial charge is 0.480 e. The van der Waals surface area contributed by atoms with Crippen molar-refractivity contribution in [3.8, 4) is 5.88 Å². The van der Waals surface area contributed by atoms with Gasteiger partial charge in [0.15, 0.2) is 0 Å². The smallest absolute Gasteiger partial charge is 0.232 e. The summed E-state index contributed by atoms with van der Waals surface area (Å²) < 4.78 is 11.1. The van der Waals surface area contributed by atoms with Crippen molar-refractivity contribution in [3.63, 3.8) is 0 Å². The van der Waals surface area contributed by atoms with Gasteiger partial charge in [0, 0.05) is 37.4 Å². The summed E-state index contributed by atoms with van der Waals surface area (Å²) in [5.41, 5.74) is 3.55. The molecule has 0 amide bonds. The van der Waals surface area contributed by atoms with Gasteiger partial charge in [-0.3, -0.25) is 4.79 Å². The molecule has 1 unspecified atom stereocenters. The van der Waals surface area contributed by atoms with Crippen LogP contribution >= 0.6 is 22.9 Å². The summed E-state index contributed by atoms with van der Waals surface area (Å²) in [5, 5.41) is 1.36. The Morgan fingerprint density at radius 1 is 1.31 bits per heavy atom. The monoisotopic (exact) mass is 431 g/mol. The second-order valence-corrected chi connectivity index (χ2v) is 8.75. The average molecular weight is 432 g/mol. The molecule has 4 rings (SSSR count). The normalized spacial score (nSPS) is 16.9. The van der Waals surface area contributed by atoms with Crippen molar-refractivity contribution in [2.45, 2.75) is 45.1 Å². The SMILES string of the molecule is COc1ncc(CC(=O)Cc2cnc3sc(C)nc3c2C2CCCCO2)cc1Cl. The Balaban J connectivity index is 1.61. The molecule has 4 heterocycles. The van der Waals surface area contributed by atoms with E-state index in [1.165, 1.54) is 7.11 Å². The third-order valence-electron chi connectivity index (χ3n) is 5.00. The Bertz CT molecular complexity index is 1050. The van der Waals surface area contributed by atoms with Crippen molar-refractivity contribution >= 4 is 39.1 Å². The van der Waals surface area contributed by atoms with Gasteiger partial charge in [-0.15, -0.1) is 0 Å². The number of pyridine rings is 2. The molecule has 0 radical (unpaired) electrons. The summed E-state index contributed by atoms with van der Waals surface area (Å²) >= 11 is 7.70. The van der Waals surface area contributed by atoms with E-state index in [1.807, 2.05) is 13.1 Å². The number of rotatable bonds is 6. The topological polar surface area (TPSA) is 74.2 Å². The summed E-state index contributed by atoms with van der Waals surface area (Å²) in [6.45, 7) is 2.71. The number of ketones is 1. The van der Waals surface area contributed by atoms with E-state index in [-0.39, 0.29) is 24.7 Å². The lowest BCUT2D eigenvalue weighted by Gasteiger charge is -2.25. The lowest BCUT2D eigenvalue weighted by Crippen LogP contribution is -2.16. The molecule has 1 fully saturated rings. The van der Waals surface area contributed by atoms with Crippen LogP contribution < -0.4 is 4.74 Å². The second kappa shape index (κ2) is 8.73. The predicted octanol–water partition coefficient (Wildman–Crippen LogP) is 4.65. The van der Waals surface area contributed by atoms with Crippen LogP contribution in [0.3, 0.4) is 0 Å². The molecule has 0 aromatic carbocycles. The summed E-state index contributed by atoms with van der Waals surface area (Å²) in [7, 11) is 1.51. The third-order valence-corrected chi connectivity index (χ3v) is 6.15. The first-order valence-electron chi connectivity index (χ1n) is 9.61. The molecule has 0 spiro atoms. The van der Waals surface area contributed by atoms with Crippen molar-refractivity contribution in [1.82, 2.24) is 15.0 Å². The van der Waals surface area contributed by atoms with Gasteiger partial charge in [-0.2, -0.15) is 0 Å². The first kappa shape index (κ1) is 20.2. The fourth-order valence-corrected chi connectivity index (χ4v) is 4.76. The third kappa shape index (κ3) is 4.42. The summed E-state index contributed by atoms with van der Waals surface area (Å²) in [6, 6.07) is 1.72. The number of thiazole rings is 1. The highest BCUT2D eigenvalue weighted by molar-refractivity contribution is 7.18. The van der Waals surface area contributed by atoms with Crippen LogP contribution in [0.4, 0.5) is 0 Å². The molecule has 0 aliphatic carbocycles. The van der Waals surface area contributed by atoms with Crippen molar-refractivity contribution in [3.05, 3.63) is 45.2 Å². The van der Waals surface area contributed by atoms with Gasteiger partial charge in [-0.25, -0.2) is 15.0 Å². The number of nitrogens with zero attached hydrogens (tertiary/aromatic N) is 3. The number of hydrogen-bond donors (Lipinski definition) is 0. The Morgan fingerprint density at radius 2 is 2.17 bits per heavy atom.